The Bertz CT molecular complexity index is 905. The molecule has 0 aromatic carbocycles. The average Bonchev–Trinajstić information content (AvgIpc) is 3.16. The highest BCUT2D eigenvalue weighted by Crippen LogP contribution is 2.57. The molecule has 0 amide bonds. The Labute approximate surface area is 171 Å². The largest absolute Gasteiger partial charge is 0.472 e. The van der Waals surface area contributed by atoms with E-state index in [-0.39, 0.29) is 36.9 Å². The van der Waals surface area contributed by atoms with Gasteiger partial charge in [-0.2, -0.15) is 4.98 Å². The molecule has 1 aromatic heterocycles. The number of phosphoric acid groups is 1. The molecular formula is C17H24N3O9P. The number of nitrogen functional groups attached to an aromatic ring is 1. The van der Waals surface area contributed by atoms with Gasteiger partial charge in [0.05, 0.1) is 19.8 Å². The third kappa shape index (κ3) is 5.61. The minimum absolute atomic E-state index is 0.00761. The lowest BCUT2D eigenvalue weighted by Crippen LogP contribution is -2.37. The van der Waals surface area contributed by atoms with Crippen molar-refractivity contribution in [1.29, 1.82) is 0 Å². The van der Waals surface area contributed by atoms with E-state index in [2.05, 4.69) is 4.98 Å². The number of aliphatic hydroxyl groups excluding tert-OH is 2. The van der Waals surface area contributed by atoms with Gasteiger partial charge in [-0.05, 0) is 35.8 Å². The number of phosphoric ester groups is 1. The molecule has 1 heterocycles. The number of aromatic nitrogens is 2. The SMILES string of the molecule is Nc1ccn(CO[C@H](COP(=O)(O)OCC2C3C=C(C=O)CC32)C(O)CO)c(=O)n1. The van der Waals surface area contributed by atoms with Crippen LogP contribution < -0.4 is 11.4 Å². The van der Waals surface area contributed by atoms with Crippen molar-refractivity contribution >= 4 is 19.9 Å². The number of nitrogens with two attached hydrogens (primary N) is 1. The smallest absolute Gasteiger partial charge is 0.394 e. The predicted molar refractivity (Wildman–Crippen MR) is 102 cm³/mol. The maximum Gasteiger partial charge on any atom is 0.472 e. The average molecular weight is 445 g/mol. The Morgan fingerprint density at radius 2 is 2.20 bits per heavy atom. The number of aldehydes is 1. The van der Waals surface area contributed by atoms with Crippen LogP contribution >= 0.6 is 7.82 Å². The first-order valence-electron chi connectivity index (χ1n) is 9.25. The number of hydrogen-bond acceptors (Lipinski definition) is 10. The van der Waals surface area contributed by atoms with Gasteiger partial charge >= 0.3 is 13.5 Å². The van der Waals surface area contributed by atoms with Crippen LogP contribution in [0.15, 0.2) is 28.7 Å². The third-order valence-electron chi connectivity index (χ3n) is 5.20. The number of anilines is 1. The maximum absolute atomic E-state index is 12.1. The van der Waals surface area contributed by atoms with Crippen molar-refractivity contribution in [2.45, 2.75) is 25.4 Å². The highest BCUT2D eigenvalue weighted by atomic mass is 31.2. The quantitative estimate of drug-likeness (QED) is 0.230. The van der Waals surface area contributed by atoms with Crippen molar-refractivity contribution < 1.29 is 38.3 Å². The number of ether oxygens (including phenoxy) is 1. The van der Waals surface area contributed by atoms with Crippen LogP contribution in [0.4, 0.5) is 5.82 Å². The first-order valence-corrected chi connectivity index (χ1v) is 10.7. The first kappa shape index (κ1) is 22.8. The second-order valence-electron chi connectivity index (χ2n) is 7.22. The topological polar surface area (TPSA) is 183 Å². The lowest BCUT2D eigenvalue weighted by Gasteiger charge is -2.23. The van der Waals surface area contributed by atoms with Gasteiger partial charge in [0.25, 0.3) is 0 Å². The molecule has 5 N–H and O–H groups in total. The van der Waals surface area contributed by atoms with Crippen molar-refractivity contribution in [2.75, 3.05) is 25.6 Å². The van der Waals surface area contributed by atoms with E-state index < -0.39 is 38.9 Å². The number of fused-ring (bicyclic) bond motifs is 1. The Balaban J connectivity index is 1.48. The molecule has 166 valence electrons. The molecule has 3 rings (SSSR count). The van der Waals surface area contributed by atoms with E-state index in [0.717, 1.165) is 16.4 Å². The summed E-state index contributed by atoms with van der Waals surface area (Å²) in [6.07, 6.45) is 1.97. The van der Waals surface area contributed by atoms with Crippen molar-refractivity contribution in [3.8, 4) is 0 Å². The summed E-state index contributed by atoms with van der Waals surface area (Å²) < 4.78 is 28.4. The van der Waals surface area contributed by atoms with E-state index in [1.54, 1.807) is 0 Å². The van der Waals surface area contributed by atoms with E-state index in [1.807, 2.05) is 6.08 Å². The molecule has 0 spiro atoms. The Morgan fingerprint density at radius 3 is 2.80 bits per heavy atom. The molecule has 1 fully saturated rings. The van der Waals surface area contributed by atoms with Gasteiger partial charge in [0, 0.05) is 6.20 Å². The van der Waals surface area contributed by atoms with Crippen molar-refractivity contribution in [1.82, 2.24) is 9.55 Å². The summed E-state index contributed by atoms with van der Waals surface area (Å²) in [6, 6.07) is 1.37. The molecule has 0 saturated heterocycles. The van der Waals surface area contributed by atoms with Gasteiger partial charge in [0.2, 0.25) is 0 Å². The second-order valence-corrected chi connectivity index (χ2v) is 8.67. The zero-order chi connectivity index (χ0) is 21.9. The first-order chi connectivity index (χ1) is 14.2. The molecule has 0 radical (unpaired) electrons. The molecule has 1 saturated carbocycles. The van der Waals surface area contributed by atoms with Crippen molar-refractivity contribution in [3.05, 3.63) is 34.4 Å². The minimum atomic E-state index is -4.44. The number of carbonyl (C=O) groups is 1. The molecule has 0 bridgehead atoms. The van der Waals surface area contributed by atoms with Gasteiger partial charge in [0.1, 0.15) is 31.0 Å². The van der Waals surface area contributed by atoms with Crippen LogP contribution in [-0.2, 0) is 29.9 Å². The summed E-state index contributed by atoms with van der Waals surface area (Å²) in [5.41, 5.74) is 5.44. The summed E-state index contributed by atoms with van der Waals surface area (Å²) in [7, 11) is -4.44. The summed E-state index contributed by atoms with van der Waals surface area (Å²) in [5, 5.41) is 19.0. The van der Waals surface area contributed by atoms with Crippen LogP contribution in [0, 0.1) is 17.8 Å². The standard InChI is InChI=1S/C17H24N3O9P/c18-16-1-2-20(17(24)19-16)9-27-15(14(23)6-22)8-29-30(25,26)28-7-13-11-3-10(5-21)4-12(11)13/h1-3,5,11-15,22-23H,4,6-9H2,(H,25,26)(H2,18,19,24)/t11?,12?,13?,14?,15-/m1/s1. The fourth-order valence-corrected chi connectivity index (χ4v) is 4.18. The fourth-order valence-electron chi connectivity index (χ4n) is 3.41. The summed E-state index contributed by atoms with van der Waals surface area (Å²) in [5.74, 6) is 0.494. The molecule has 2 aliphatic carbocycles. The van der Waals surface area contributed by atoms with Gasteiger partial charge in [-0.25, -0.2) is 9.36 Å². The Kier molecular flexibility index (Phi) is 7.19. The monoisotopic (exact) mass is 445 g/mol. The molecule has 6 atom stereocenters. The van der Waals surface area contributed by atoms with Gasteiger partial charge in [-0.15, -0.1) is 0 Å². The molecule has 30 heavy (non-hydrogen) atoms. The van der Waals surface area contributed by atoms with Gasteiger partial charge in [0.15, 0.2) is 0 Å². The molecule has 12 nitrogen and oxygen atoms in total. The normalized spacial score (nSPS) is 26.4. The molecule has 5 unspecified atom stereocenters. The summed E-state index contributed by atoms with van der Waals surface area (Å²) in [4.78, 5) is 35.8. The number of allylic oxidation sites excluding steroid dienone is 2. The zero-order valence-electron chi connectivity index (χ0n) is 15.9. The highest BCUT2D eigenvalue weighted by molar-refractivity contribution is 7.47. The molecule has 13 heteroatoms. The zero-order valence-corrected chi connectivity index (χ0v) is 16.8. The van der Waals surface area contributed by atoms with E-state index in [0.29, 0.717) is 6.42 Å². The van der Waals surface area contributed by atoms with E-state index in [9.17, 15) is 24.2 Å². The van der Waals surface area contributed by atoms with Crippen molar-refractivity contribution in [2.24, 2.45) is 17.8 Å². The summed E-state index contributed by atoms with van der Waals surface area (Å²) in [6.45, 7) is -1.63. The lowest BCUT2D eigenvalue weighted by atomic mass is 10.1. The van der Waals surface area contributed by atoms with Crippen molar-refractivity contribution in [3.63, 3.8) is 0 Å². The third-order valence-corrected chi connectivity index (χ3v) is 6.15. The van der Waals surface area contributed by atoms with E-state index in [4.69, 9.17) is 24.6 Å². The highest BCUT2D eigenvalue weighted by Gasteiger charge is 2.52. The van der Waals surface area contributed by atoms with Crippen LogP contribution in [0.1, 0.15) is 6.42 Å². The van der Waals surface area contributed by atoms with Gasteiger partial charge in [-0.3, -0.25) is 18.4 Å². The van der Waals surface area contributed by atoms with Gasteiger partial charge in [-0.1, -0.05) is 6.08 Å². The minimum Gasteiger partial charge on any atom is -0.394 e. The molecule has 0 aliphatic heterocycles. The Morgan fingerprint density at radius 1 is 1.43 bits per heavy atom. The summed E-state index contributed by atoms with van der Waals surface area (Å²) >= 11 is 0. The van der Waals surface area contributed by atoms with Gasteiger partial charge < -0.3 is 25.6 Å². The maximum atomic E-state index is 12.1. The molecule has 2 aliphatic rings. The number of aliphatic hydroxyl groups is 2. The lowest BCUT2D eigenvalue weighted by molar-refractivity contribution is -0.105. The number of hydrogen-bond donors (Lipinski definition) is 4. The number of rotatable bonds is 12. The van der Waals surface area contributed by atoms with Crippen LogP contribution in [0.3, 0.4) is 0 Å². The molecular weight excluding hydrogens is 421 g/mol. The molecule has 1 aromatic rings. The Hall–Kier alpha value is -1.92. The van der Waals surface area contributed by atoms with E-state index in [1.165, 1.54) is 12.3 Å². The second kappa shape index (κ2) is 9.48. The predicted octanol–water partition coefficient (Wildman–Crippen LogP) is -0.954. The number of carbonyl (C=O) groups excluding carboxylic acids is 1. The van der Waals surface area contributed by atoms with E-state index >= 15 is 0 Å². The van der Waals surface area contributed by atoms with Crippen LogP contribution in [0.25, 0.3) is 0 Å². The van der Waals surface area contributed by atoms with Crippen LogP contribution in [-0.4, -0.2) is 63.0 Å². The van der Waals surface area contributed by atoms with Crippen LogP contribution in [0.5, 0.6) is 0 Å². The fraction of sp³-hybridized carbons (Fsp3) is 0.588. The number of nitrogens with zero attached hydrogens (tertiary/aromatic N) is 2. The van der Waals surface area contributed by atoms with Crippen LogP contribution in [0.2, 0.25) is 0 Å².